The van der Waals surface area contributed by atoms with Crippen molar-refractivity contribution < 1.29 is 19.1 Å². The third-order valence-corrected chi connectivity index (χ3v) is 3.86. The first-order chi connectivity index (χ1) is 12.3. The number of alkyl carbamates (subject to hydrolysis) is 1. The number of nitrogens with zero attached hydrogens (tertiary/aromatic N) is 2. The average Bonchev–Trinajstić information content (AvgIpc) is 2.57. The topological polar surface area (TPSA) is 92.3 Å². The molecule has 1 heterocycles. The molecule has 1 amide bonds. The Hall–Kier alpha value is -1.26. The standard InChI is InChI=1S/C18H34N4O4.HI/c1-6-25-15(23)14-9-7-12-22(13-14)16(19-5)20-10-8-11-21-17(24)26-18(2,3)4;/h14H,6-13H2,1-5H3,(H,19,20)(H,21,24);1H. The van der Waals surface area contributed by atoms with Gasteiger partial charge in [0.05, 0.1) is 12.5 Å². The van der Waals surface area contributed by atoms with Gasteiger partial charge >= 0.3 is 12.1 Å². The van der Waals surface area contributed by atoms with Crippen LogP contribution in [0, 0.1) is 5.92 Å². The second-order valence-corrected chi connectivity index (χ2v) is 7.29. The highest BCUT2D eigenvalue weighted by molar-refractivity contribution is 14.0. The van der Waals surface area contributed by atoms with Crippen molar-refractivity contribution in [2.75, 3.05) is 39.8 Å². The van der Waals surface area contributed by atoms with Gasteiger partial charge in [-0.1, -0.05) is 0 Å². The zero-order chi connectivity index (χ0) is 19.6. The molecule has 8 nitrogen and oxygen atoms in total. The fourth-order valence-electron chi connectivity index (χ4n) is 2.75. The van der Waals surface area contributed by atoms with E-state index in [0.29, 0.717) is 26.2 Å². The highest BCUT2D eigenvalue weighted by Crippen LogP contribution is 2.18. The largest absolute Gasteiger partial charge is 0.466 e. The van der Waals surface area contributed by atoms with E-state index in [-0.39, 0.29) is 35.9 Å². The molecule has 0 aliphatic carbocycles. The second kappa shape index (κ2) is 13.0. The van der Waals surface area contributed by atoms with E-state index in [1.165, 1.54) is 0 Å². The molecule has 9 heteroatoms. The van der Waals surface area contributed by atoms with E-state index >= 15 is 0 Å². The summed E-state index contributed by atoms with van der Waals surface area (Å²) in [5, 5.41) is 6.01. The molecule has 0 radical (unpaired) electrons. The molecule has 1 aliphatic rings. The number of halogens is 1. The number of aliphatic imine (C=N–C) groups is 1. The lowest BCUT2D eigenvalue weighted by Gasteiger charge is -2.34. The zero-order valence-electron chi connectivity index (χ0n) is 17.2. The molecule has 0 aromatic rings. The first-order valence-electron chi connectivity index (χ1n) is 9.36. The molecular formula is C18H35IN4O4. The minimum absolute atomic E-state index is 0. The van der Waals surface area contributed by atoms with Crippen LogP contribution in [0.15, 0.2) is 4.99 Å². The smallest absolute Gasteiger partial charge is 0.407 e. The Morgan fingerprint density at radius 1 is 1.22 bits per heavy atom. The Morgan fingerprint density at radius 3 is 2.48 bits per heavy atom. The Kier molecular flexibility index (Phi) is 12.4. The van der Waals surface area contributed by atoms with Gasteiger partial charge in [-0.2, -0.15) is 0 Å². The summed E-state index contributed by atoms with van der Waals surface area (Å²) >= 11 is 0. The fraction of sp³-hybridized carbons (Fsp3) is 0.833. The van der Waals surface area contributed by atoms with Gasteiger partial charge in [-0.3, -0.25) is 9.79 Å². The number of hydrogen-bond donors (Lipinski definition) is 2. The molecule has 1 saturated heterocycles. The molecule has 158 valence electrons. The second-order valence-electron chi connectivity index (χ2n) is 7.29. The van der Waals surface area contributed by atoms with Gasteiger partial charge in [-0.15, -0.1) is 24.0 Å². The van der Waals surface area contributed by atoms with Crippen LogP contribution in [0.2, 0.25) is 0 Å². The van der Waals surface area contributed by atoms with Crippen LogP contribution in [0.3, 0.4) is 0 Å². The molecule has 2 N–H and O–H groups in total. The number of carbonyl (C=O) groups excluding carboxylic acids is 2. The number of rotatable bonds is 6. The van der Waals surface area contributed by atoms with E-state index in [9.17, 15) is 9.59 Å². The molecule has 1 atom stereocenters. The Morgan fingerprint density at radius 2 is 1.89 bits per heavy atom. The van der Waals surface area contributed by atoms with Crippen molar-refractivity contribution in [2.24, 2.45) is 10.9 Å². The Labute approximate surface area is 179 Å². The van der Waals surface area contributed by atoms with E-state index in [1.807, 2.05) is 27.7 Å². The van der Waals surface area contributed by atoms with Crippen molar-refractivity contribution in [1.82, 2.24) is 15.5 Å². The number of guanidine groups is 1. The summed E-state index contributed by atoms with van der Waals surface area (Å²) in [6, 6.07) is 0. The van der Waals surface area contributed by atoms with Gasteiger partial charge in [0, 0.05) is 33.2 Å². The van der Waals surface area contributed by atoms with Crippen molar-refractivity contribution in [3.63, 3.8) is 0 Å². The predicted octanol–water partition coefficient (Wildman–Crippen LogP) is 2.37. The molecule has 0 saturated carbocycles. The maximum absolute atomic E-state index is 12.0. The minimum atomic E-state index is -0.492. The fourth-order valence-corrected chi connectivity index (χ4v) is 2.75. The van der Waals surface area contributed by atoms with Gasteiger partial charge in [-0.05, 0) is 47.0 Å². The predicted molar refractivity (Wildman–Crippen MR) is 117 cm³/mol. The lowest BCUT2D eigenvalue weighted by molar-refractivity contribution is -0.149. The van der Waals surface area contributed by atoms with Crippen LogP contribution in [0.25, 0.3) is 0 Å². The van der Waals surface area contributed by atoms with Gasteiger partial charge in [0.25, 0.3) is 0 Å². The summed E-state index contributed by atoms with van der Waals surface area (Å²) in [6.07, 6.45) is 2.12. The number of ether oxygens (including phenoxy) is 2. The van der Waals surface area contributed by atoms with Gasteiger partial charge in [0.1, 0.15) is 5.60 Å². The van der Waals surface area contributed by atoms with Gasteiger partial charge < -0.3 is 25.0 Å². The summed E-state index contributed by atoms with van der Waals surface area (Å²) < 4.78 is 10.3. The molecule has 0 aromatic heterocycles. The molecular weight excluding hydrogens is 463 g/mol. The molecule has 0 aromatic carbocycles. The third-order valence-electron chi connectivity index (χ3n) is 3.86. The van der Waals surface area contributed by atoms with Crippen LogP contribution in [0.5, 0.6) is 0 Å². The number of piperidine rings is 1. The first kappa shape index (κ1) is 25.7. The Bertz CT molecular complexity index is 494. The van der Waals surface area contributed by atoms with Crippen LogP contribution in [0.4, 0.5) is 4.79 Å². The van der Waals surface area contributed by atoms with Crippen LogP contribution >= 0.6 is 24.0 Å². The summed E-state index contributed by atoms with van der Waals surface area (Å²) in [7, 11) is 1.73. The van der Waals surface area contributed by atoms with E-state index in [1.54, 1.807) is 7.05 Å². The van der Waals surface area contributed by atoms with E-state index < -0.39 is 11.7 Å². The number of hydrogen-bond acceptors (Lipinski definition) is 5. The van der Waals surface area contributed by atoms with Crippen LogP contribution in [0.1, 0.15) is 47.0 Å². The first-order valence-corrected chi connectivity index (χ1v) is 9.36. The average molecular weight is 498 g/mol. The number of carbonyl (C=O) groups is 2. The van der Waals surface area contributed by atoms with Crippen molar-refractivity contribution in [2.45, 2.75) is 52.6 Å². The van der Waals surface area contributed by atoms with Gasteiger partial charge in [0.15, 0.2) is 5.96 Å². The van der Waals surface area contributed by atoms with Gasteiger partial charge in [-0.25, -0.2) is 4.79 Å². The molecule has 0 bridgehead atoms. The van der Waals surface area contributed by atoms with Crippen molar-refractivity contribution >= 4 is 42.0 Å². The molecule has 1 fully saturated rings. The van der Waals surface area contributed by atoms with Crippen molar-refractivity contribution in [3.8, 4) is 0 Å². The normalized spacial score (nSPS) is 17.6. The SMILES string of the molecule is CCOC(=O)C1CCCN(C(=NC)NCCCNC(=O)OC(C)(C)C)C1.I. The van der Waals surface area contributed by atoms with Crippen molar-refractivity contribution in [1.29, 1.82) is 0 Å². The number of amides is 1. The third kappa shape index (κ3) is 10.6. The quantitative estimate of drug-likeness (QED) is 0.192. The number of nitrogens with one attached hydrogen (secondary N) is 2. The van der Waals surface area contributed by atoms with Crippen molar-refractivity contribution in [3.05, 3.63) is 0 Å². The van der Waals surface area contributed by atoms with Crippen LogP contribution in [-0.4, -0.2) is 68.4 Å². The molecule has 1 aliphatic heterocycles. The van der Waals surface area contributed by atoms with E-state index in [2.05, 4.69) is 20.5 Å². The minimum Gasteiger partial charge on any atom is -0.466 e. The Balaban J connectivity index is 0.00000676. The highest BCUT2D eigenvalue weighted by Gasteiger charge is 2.28. The summed E-state index contributed by atoms with van der Waals surface area (Å²) in [5.74, 6) is 0.543. The monoisotopic (exact) mass is 498 g/mol. The maximum Gasteiger partial charge on any atom is 0.407 e. The summed E-state index contributed by atoms with van der Waals surface area (Å²) in [5.41, 5.74) is -0.492. The lowest BCUT2D eigenvalue weighted by atomic mass is 9.98. The van der Waals surface area contributed by atoms with E-state index in [4.69, 9.17) is 9.47 Å². The lowest BCUT2D eigenvalue weighted by Crippen LogP contribution is -2.48. The van der Waals surface area contributed by atoms with E-state index in [0.717, 1.165) is 31.8 Å². The molecule has 27 heavy (non-hydrogen) atoms. The molecule has 1 rings (SSSR count). The summed E-state index contributed by atoms with van der Waals surface area (Å²) in [4.78, 5) is 29.9. The molecule has 0 spiro atoms. The molecule has 1 unspecified atom stereocenters. The number of likely N-dealkylation sites (tertiary alicyclic amines) is 1. The van der Waals surface area contributed by atoms with Crippen LogP contribution in [-0.2, 0) is 14.3 Å². The number of esters is 1. The zero-order valence-corrected chi connectivity index (χ0v) is 19.5. The highest BCUT2D eigenvalue weighted by atomic mass is 127. The van der Waals surface area contributed by atoms with Gasteiger partial charge in [0.2, 0.25) is 0 Å². The van der Waals surface area contributed by atoms with Crippen LogP contribution < -0.4 is 10.6 Å². The maximum atomic E-state index is 12.0. The summed E-state index contributed by atoms with van der Waals surface area (Å²) in [6.45, 7) is 10.4.